The Kier molecular flexibility index (Phi) is 8.34. The minimum atomic E-state index is -3.87. The van der Waals surface area contributed by atoms with E-state index in [1.54, 1.807) is 6.92 Å². The molecular weight excluding hydrogens is 461 g/mol. The van der Waals surface area contributed by atoms with Gasteiger partial charge in [0.2, 0.25) is 21.8 Å². The van der Waals surface area contributed by atoms with Crippen molar-refractivity contribution in [3.63, 3.8) is 0 Å². The predicted octanol–water partition coefficient (Wildman–Crippen LogP) is 3.23. The van der Waals surface area contributed by atoms with Crippen molar-refractivity contribution in [2.45, 2.75) is 26.4 Å². The summed E-state index contributed by atoms with van der Waals surface area (Å²) in [4.78, 5) is 26.9. The first-order chi connectivity index (χ1) is 14.4. The highest BCUT2D eigenvalue weighted by Crippen LogP contribution is 2.30. The average Bonchev–Trinajstić information content (AvgIpc) is 2.70. The molecule has 0 fully saturated rings. The second kappa shape index (κ2) is 10.3. The maximum absolute atomic E-state index is 13.3. The molecule has 0 aliphatic carbocycles. The molecule has 0 heterocycles. The largest absolute Gasteiger partial charge is 0.357 e. The van der Waals surface area contributed by atoms with E-state index in [9.17, 15) is 18.0 Å². The van der Waals surface area contributed by atoms with Crippen LogP contribution in [0.1, 0.15) is 18.1 Å². The van der Waals surface area contributed by atoms with Gasteiger partial charge >= 0.3 is 0 Å². The summed E-state index contributed by atoms with van der Waals surface area (Å²) >= 11 is 12.2. The highest BCUT2D eigenvalue weighted by atomic mass is 35.5. The van der Waals surface area contributed by atoms with Gasteiger partial charge < -0.3 is 10.2 Å². The first kappa shape index (κ1) is 25.0. The molecule has 0 aliphatic heterocycles. The van der Waals surface area contributed by atoms with Gasteiger partial charge in [-0.1, -0.05) is 53.0 Å². The third kappa shape index (κ3) is 6.59. The van der Waals surface area contributed by atoms with Crippen molar-refractivity contribution in [2.75, 3.05) is 24.2 Å². The molecule has 31 heavy (non-hydrogen) atoms. The van der Waals surface area contributed by atoms with Gasteiger partial charge in [0.05, 0.1) is 17.0 Å². The molecule has 168 valence electrons. The number of amides is 2. The van der Waals surface area contributed by atoms with Gasteiger partial charge in [-0.15, -0.1) is 0 Å². The summed E-state index contributed by atoms with van der Waals surface area (Å²) in [6.45, 7) is 3.11. The number of hydrogen-bond acceptors (Lipinski definition) is 4. The summed E-state index contributed by atoms with van der Waals surface area (Å²) in [6, 6.07) is 11.1. The first-order valence-electron chi connectivity index (χ1n) is 9.43. The normalized spacial score (nSPS) is 12.2. The van der Waals surface area contributed by atoms with E-state index in [4.69, 9.17) is 23.2 Å². The summed E-state index contributed by atoms with van der Waals surface area (Å²) in [6.07, 6.45) is 0.977. The van der Waals surface area contributed by atoms with Crippen LogP contribution in [0, 0.1) is 6.92 Å². The molecule has 0 spiro atoms. The molecule has 0 saturated carbocycles. The first-order valence-corrected chi connectivity index (χ1v) is 12.0. The van der Waals surface area contributed by atoms with Crippen molar-refractivity contribution in [3.05, 3.63) is 63.6 Å². The lowest BCUT2D eigenvalue weighted by Gasteiger charge is -2.31. The number of nitrogens with one attached hydrogen (secondary N) is 1. The fourth-order valence-electron chi connectivity index (χ4n) is 3.07. The number of carbonyl (C=O) groups excluding carboxylic acids is 2. The number of rotatable bonds is 8. The fraction of sp³-hybridized carbons (Fsp3) is 0.333. The van der Waals surface area contributed by atoms with Crippen LogP contribution in [0.5, 0.6) is 0 Å². The predicted molar refractivity (Wildman–Crippen MR) is 124 cm³/mol. The molecule has 2 aromatic rings. The SMILES string of the molecule is CNC(=O)C(C)N(Cc1cccc(C)c1)C(=O)CN(c1cc(Cl)ccc1Cl)S(C)(=O)=O. The lowest BCUT2D eigenvalue weighted by atomic mass is 10.1. The van der Waals surface area contributed by atoms with Crippen molar-refractivity contribution in [1.29, 1.82) is 0 Å². The van der Waals surface area contributed by atoms with Gasteiger partial charge in [0.15, 0.2) is 0 Å². The number of halogens is 2. The molecule has 0 aliphatic rings. The summed E-state index contributed by atoms with van der Waals surface area (Å²) in [5.41, 5.74) is 1.91. The van der Waals surface area contributed by atoms with E-state index < -0.39 is 28.5 Å². The Morgan fingerprint density at radius 1 is 1.13 bits per heavy atom. The Morgan fingerprint density at radius 2 is 1.81 bits per heavy atom. The van der Waals surface area contributed by atoms with E-state index in [1.165, 1.54) is 30.1 Å². The zero-order valence-corrected chi connectivity index (χ0v) is 20.1. The molecule has 1 N–H and O–H groups in total. The maximum Gasteiger partial charge on any atom is 0.244 e. The Balaban J connectivity index is 2.43. The number of anilines is 1. The standard InChI is InChI=1S/C21H25Cl2N3O4S/c1-14-6-5-7-16(10-14)12-25(15(2)21(28)24-3)20(27)13-26(31(4,29)30)19-11-17(22)8-9-18(19)23/h5-11,15H,12-13H2,1-4H3,(H,24,28). The second-order valence-corrected chi connectivity index (χ2v) is 9.92. The zero-order valence-electron chi connectivity index (χ0n) is 17.7. The van der Waals surface area contributed by atoms with E-state index in [2.05, 4.69) is 5.32 Å². The van der Waals surface area contributed by atoms with Crippen LogP contribution in [0.15, 0.2) is 42.5 Å². The molecule has 0 aromatic heterocycles. The number of aryl methyl sites for hydroxylation is 1. The molecule has 1 unspecified atom stereocenters. The van der Waals surface area contributed by atoms with Crippen molar-refractivity contribution >= 4 is 50.7 Å². The molecule has 10 heteroatoms. The molecule has 2 aromatic carbocycles. The van der Waals surface area contributed by atoms with Crippen LogP contribution in [0.25, 0.3) is 0 Å². The molecule has 2 amide bonds. The van der Waals surface area contributed by atoms with Gasteiger partial charge in [0, 0.05) is 18.6 Å². The molecule has 0 radical (unpaired) electrons. The minimum absolute atomic E-state index is 0.0909. The van der Waals surface area contributed by atoms with Crippen LogP contribution in [0.4, 0.5) is 5.69 Å². The Morgan fingerprint density at radius 3 is 2.39 bits per heavy atom. The Hall–Kier alpha value is -2.29. The van der Waals surface area contributed by atoms with Crippen LogP contribution in [-0.4, -0.2) is 51.0 Å². The number of benzene rings is 2. The minimum Gasteiger partial charge on any atom is -0.357 e. The summed E-state index contributed by atoms with van der Waals surface area (Å²) in [7, 11) is -2.40. The van der Waals surface area contributed by atoms with E-state index in [0.29, 0.717) is 0 Å². The number of nitrogens with zero attached hydrogens (tertiary/aromatic N) is 2. The lowest BCUT2D eigenvalue weighted by molar-refractivity contribution is -0.139. The number of carbonyl (C=O) groups is 2. The summed E-state index contributed by atoms with van der Waals surface area (Å²) < 4.78 is 25.9. The van der Waals surface area contributed by atoms with Crippen LogP contribution >= 0.6 is 23.2 Å². The van der Waals surface area contributed by atoms with Crippen LogP contribution in [0.2, 0.25) is 10.0 Å². The number of hydrogen-bond donors (Lipinski definition) is 1. The Bertz CT molecular complexity index is 1080. The topological polar surface area (TPSA) is 86.8 Å². The Labute approximate surface area is 193 Å². The zero-order chi connectivity index (χ0) is 23.3. The van der Waals surface area contributed by atoms with Crippen LogP contribution in [0.3, 0.4) is 0 Å². The molecular formula is C21H25Cl2N3O4S. The van der Waals surface area contributed by atoms with E-state index >= 15 is 0 Å². The van der Waals surface area contributed by atoms with Gasteiger partial charge in [0.25, 0.3) is 0 Å². The molecule has 2 rings (SSSR count). The van der Waals surface area contributed by atoms with Crippen molar-refractivity contribution < 1.29 is 18.0 Å². The van der Waals surface area contributed by atoms with Crippen molar-refractivity contribution in [1.82, 2.24) is 10.2 Å². The van der Waals surface area contributed by atoms with E-state index in [-0.39, 0.29) is 28.2 Å². The smallest absolute Gasteiger partial charge is 0.244 e. The quantitative estimate of drug-likeness (QED) is 0.621. The molecule has 1 atom stereocenters. The highest BCUT2D eigenvalue weighted by molar-refractivity contribution is 7.92. The molecule has 0 bridgehead atoms. The average molecular weight is 486 g/mol. The van der Waals surface area contributed by atoms with Crippen LogP contribution in [-0.2, 0) is 26.2 Å². The highest BCUT2D eigenvalue weighted by Gasteiger charge is 2.30. The lowest BCUT2D eigenvalue weighted by Crippen LogP contribution is -2.50. The third-order valence-electron chi connectivity index (χ3n) is 4.71. The molecule has 0 saturated heterocycles. The third-order valence-corrected chi connectivity index (χ3v) is 6.39. The van der Waals surface area contributed by atoms with E-state index in [0.717, 1.165) is 21.7 Å². The van der Waals surface area contributed by atoms with Crippen molar-refractivity contribution in [3.8, 4) is 0 Å². The van der Waals surface area contributed by atoms with Gasteiger partial charge in [-0.3, -0.25) is 13.9 Å². The number of likely N-dealkylation sites (N-methyl/N-ethyl adjacent to an activating group) is 1. The summed E-state index contributed by atoms with van der Waals surface area (Å²) in [5, 5.41) is 2.93. The van der Waals surface area contributed by atoms with Gasteiger partial charge in [-0.05, 0) is 37.6 Å². The maximum atomic E-state index is 13.3. The van der Waals surface area contributed by atoms with Crippen LogP contribution < -0.4 is 9.62 Å². The van der Waals surface area contributed by atoms with E-state index in [1.807, 2.05) is 31.2 Å². The monoisotopic (exact) mass is 485 g/mol. The fourth-order valence-corrected chi connectivity index (χ4v) is 4.36. The van der Waals surface area contributed by atoms with Gasteiger partial charge in [0.1, 0.15) is 12.6 Å². The number of sulfonamides is 1. The summed E-state index contributed by atoms with van der Waals surface area (Å²) in [5.74, 6) is -0.924. The van der Waals surface area contributed by atoms with Gasteiger partial charge in [-0.25, -0.2) is 8.42 Å². The second-order valence-electron chi connectivity index (χ2n) is 7.17. The molecule has 7 nitrogen and oxygen atoms in total. The van der Waals surface area contributed by atoms with Crippen molar-refractivity contribution in [2.24, 2.45) is 0 Å². The van der Waals surface area contributed by atoms with Gasteiger partial charge in [-0.2, -0.15) is 0 Å².